The molecule has 106 valence electrons. The highest BCUT2D eigenvalue weighted by Crippen LogP contribution is 2.29. The van der Waals surface area contributed by atoms with Crippen LogP contribution in [-0.4, -0.2) is 34.6 Å². The second-order valence-corrected chi connectivity index (χ2v) is 5.15. The fourth-order valence-corrected chi connectivity index (χ4v) is 2.40. The van der Waals surface area contributed by atoms with E-state index in [0.29, 0.717) is 17.6 Å². The summed E-state index contributed by atoms with van der Waals surface area (Å²) in [6.07, 6.45) is 2.13. The van der Waals surface area contributed by atoms with Crippen molar-refractivity contribution in [1.29, 1.82) is 0 Å². The molecule has 0 aromatic heterocycles. The topological polar surface area (TPSA) is 66.6 Å². The molecule has 0 amide bonds. The van der Waals surface area contributed by atoms with E-state index >= 15 is 0 Å². The van der Waals surface area contributed by atoms with Gasteiger partial charge in [0.15, 0.2) is 0 Å². The molecule has 6 heteroatoms. The van der Waals surface area contributed by atoms with Crippen LogP contribution in [0.3, 0.4) is 0 Å². The molecule has 1 N–H and O–H groups in total. The molecule has 1 aromatic carbocycles. The highest BCUT2D eigenvalue weighted by atomic mass is 79.9. The van der Waals surface area contributed by atoms with E-state index < -0.39 is 4.92 Å². The van der Waals surface area contributed by atoms with Gasteiger partial charge in [-0.3, -0.25) is 15.0 Å². The Morgan fingerprint density at radius 1 is 1.42 bits per heavy atom. The summed E-state index contributed by atoms with van der Waals surface area (Å²) < 4.78 is 0.527. The molecule has 1 rings (SSSR count). The van der Waals surface area contributed by atoms with Crippen molar-refractivity contribution in [3.8, 4) is 0 Å². The van der Waals surface area contributed by atoms with Gasteiger partial charge in [-0.25, -0.2) is 0 Å². The molecule has 0 heterocycles. The minimum Gasteiger partial charge on any atom is -0.395 e. The first-order valence-corrected chi connectivity index (χ1v) is 7.14. The molecular formula is C13H19BrN2O3. The van der Waals surface area contributed by atoms with E-state index in [4.69, 9.17) is 5.11 Å². The Bertz CT molecular complexity index is 426. The van der Waals surface area contributed by atoms with Crippen molar-refractivity contribution in [2.24, 2.45) is 0 Å². The van der Waals surface area contributed by atoms with Crippen LogP contribution in [0.25, 0.3) is 0 Å². The van der Waals surface area contributed by atoms with E-state index in [-0.39, 0.29) is 12.3 Å². The van der Waals surface area contributed by atoms with Crippen LogP contribution in [0.1, 0.15) is 25.3 Å². The normalized spacial score (nSPS) is 10.9. The van der Waals surface area contributed by atoms with Gasteiger partial charge in [0, 0.05) is 19.2 Å². The van der Waals surface area contributed by atoms with Crippen LogP contribution in [0, 0.1) is 10.1 Å². The van der Waals surface area contributed by atoms with Gasteiger partial charge >= 0.3 is 0 Å². The largest absolute Gasteiger partial charge is 0.395 e. The molecule has 0 aliphatic carbocycles. The number of nitro benzene ring substituents is 1. The van der Waals surface area contributed by atoms with Gasteiger partial charge in [0.2, 0.25) is 0 Å². The molecule has 0 radical (unpaired) electrons. The Hall–Kier alpha value is -0.980. The van der Waals surface area contributed by atoms with Crippen LogP contribution >= 0.6 is 15.9 Å². The first kappa shape index (κ1) is 16.1. The number of aliphatic hydroxyl groups is 1. The lowest BCUT2D eigenvalue weighted by Crippen LogP contribution is -2.27. The van der Waals surface area contributed by atoms with Crippen molar-refractivity contribution in [2.75, 3.05) is 19.7 Å². The summed E-state index contributed by atoms with van der Waals surface area (Å²) in [5, 5.41) is 19.9. The molecule has 0 spiro atoms. The number of benzene rings is 1. The molecule has 0 unspecified atom stereocenters. The summed E-state index contributed by atoms with van der Waals surface area (Å²) in [7, 11) is 0. The molecule has 0 atom stereocenters. The predicted octanol–water partition coefficient (Wildman–Crippen LogP) is 2.95. The third kappa shape index (κ3) is 4.89. The second-order valence-electron chi connectivity index (χ2n) is 4.36. The van der Waals surface area contributed by atoms with Gasteiger partial charge in [-0.2, -0.15) is 0 Å². The van der Waals surface area contributed by atoms with Crippen molar-refractivity contribution < 1.29 is 10.0 Å². The molecule has 0 saturated carbocycles. The van der Waals surface area contributed by atoms with Gasteiger partial charge < -0.3 is 5.11 Å². The Balaban J connectivity index is 2.83. The van der Waals surface area contributed by atoms with Gasteiger partial charge in [0.25, 0.3) is 5.69 Å². The number of hydrogen-bond donors (Lipinski definition) is 1. The van der Waals surface area contributed by atoms with E-state index in [0.717, 1.165) is 24.9 Å². The van der Waals surface area contributed by atoms with Gasteiger partial charge in [-0.15, -0.1) is 0 Å². The Morgan fingerprint density at radius 2 is 2.16 bits per heavy atom. The maximum atomic E-state index is 10.9. The predicted molar refractivity (Wildman–Crippen MR) is 78.1 cm³/mol. The van der Waals surface area contributed by atoms with Crippen LogP contribution in [0.4, 0.5) is 5.69 Å². The number of nitrogens with zero attached hydrogens (tertiary/aromatic N) is 2. The van der Waals surface area contributed by atoms with E-state index in [2.05, 4.69) is 27.8 Å². The molecule has 0 bridgehead atoms. The van der Waals surface area contributed by atoms with Gasteiger partial charge in [0.1, 0.15) is 0 Å². The summed E-state index contributed by atoms with van der Waals surface area (Å²) in [6, 6.07) is 5.04. The zero-order chi connectivity index (χ0) is 14.3. The van der Waals surface area contributed by atoms with E-state index in [9.17, 15) is 10.1 Å². The number of halogens is 1. The van der Waals surface area contributed by atoms with Crippen molar-refractivity contribution in [3.63, 3.8) is 0 Å². The lowest BCUT2D eigenvalue weighted by molar-refractivity contribution is -0.385. The Labute approximate surface area is 121 Å². The number of unbranched alkanes of at least 4 members (excludes halogenated alkanes) is 1. The van der Waals surface area contributed by atoms with E-state index in [1.165, 1.54) is 6.07 Å². The standard InChI is InChI=1S/C13H19BrN2O3/c1-2-3-7-15(8-9-17)10-11-5-4-6-12(13(11)14)16(18)19/h4-6,17H,2-3,7-10H2,1H3. The van der Waals surface area contributed by atoms with Gasteiger partial charge in [-0.05, 0) is 34.5 Å². The van der Waals surface area contributed by atoms with E-state index in [1.54, 1.807) is 6.07 Å². The summed E-state index contributed by atoms with van der Waals surface area (Å²) in [5.74, 6) is 0. The van der Waals surface area contributed by atoms with Crippen LogP contribution in [0.5, 0.6) is 0 Å². The van der Waals surface area contributed by atoms with Crippen LogP contribution in [0.15, 0.2) is 22.7 Å². The zero-order valence-corrected chi connectivity index (χ0v) is 12.6. The first-order chi connectivity index (χ1) is 9.10. The maximum Gasteiger partial charge on any atom is 0.283 e. The molecule has 0 saturated heterocycles. The highest BCUT2D eigenvalue weighted by Gasteiger charge is 2.16. The average Bonchev–Trinajstić information content (AvgIpc) is 2.38. The van der Waals surface area contributed by atoms with Crippen molar-refractivity contribution in [3.05, 3.63) is 38.3 Å². The third-order valence-electron chi connectivity index (χ3n) is 2.89. The quantitative estimate of drug-likeness (QED) is 0.587. The minimum atomic E-state index is -0.393. The number of nitro groups is 1. The lowest BCUT2D eigenvalue weighted by atomic mass is 10.2. The van der Waals surface area contributed by atoms with Gasteiger partial charge in [-0.1, -0.05) is 25.5 Å². The van der Waals surface area contributed by atoms with Crippen LogP contribution in [0.2, 0.25) is 0 Å². The molecule has 0 aliphatic heterocycles. The third-order valence-corrected chi connectivity index (χ3v) is 3.81. The number of hydrogen-bond acceptors (Lipinski definition) is 4. The fraction of sp³-hybridized carbons (Fsp3) is 0.538. The zero-order valence-electron chi connectivity index (χ0n) is 11.0. The van der Waals surface area contributed by atoms with Crippen LogP contribution < -0.4 is 0 Å². The second kappa shape index (κ2) is 8.24. The molecule has 0 aliphatic rings. The summed E-state index contributed by atoms with van der Waals surface area (Å²) in [5.41, 5.74) is 0.954. The molecule has 19 heavy (non-hydrogen) atoms. The summed E-state index contributed by atoms with van der Waals surface area (Å²) >= 11 is 3.30. The molecular weight excluding hydrogens is 312 g/mol. The monoisotopic (exact) mass is 330 g/mol. The molecule has 5 nitrogen and oxygen atoms in total. The lowest BCUT2D eigenvalue weighted by Gasteiger charge is -2.21. The number of aliphatic hydroxyl groups excluding tert-OH is 1. The summed E-state index contributed by atoms with van der Waals surface area (Å²) in [6.45, 7) is 4.26. The number of rotatable bonds is 8. The SMILES string of the molecule is CCCCN(CCO)Cc1cccc([N+](=O)[O-])c1Br. The Kier molecular flexibility index (Phi) is 6.97. The van der Waals surface area contributed by atoms with Crippen molar-refractivity contribution >= 4 is 21.6 Å². The summed E-state index contributed by atoms with van der Waals surface area (Å²) in [4.78, 5) is 12.6. The van der Waals surface area contributed by atoms with E-state index in [1.807, 2.05) is 6.07 Å². The van der Waals surface area contributed by atoms with Crippen molar-refractivity contribution in [1.82, 2.24) is 4.90 Å². The fourth-order valence-electron chi connectivity index (χ4n) is 1.86. The average molecular weight is 331 g/mol. The van der Waals surface area contributed by atoms with Crippen LogP contribution in [-0.2, 0) is 6.54 Å². The minimum absolute atomic E-state index is 0.0805. The molecule has 1 aromatic rings. The first-order valence-electron chi connectivity index (χ1n) is 6.35. The van der Waals surface area contributed by atoms with Gasteiger partial charge in [0.05, 0.1) is 16.0 Å². The highest BCUT2D eigenvalue weighted by molar-refractivity contribution is 9.10. The smallest absolute Gasteiger partial charge is 0.283 e. The Morgan fingerprint density at radius 3 is 2.74 bits per heavy atom. The van der Waals surface area contributed by atoms with Crippen molar-refractivity contribution in [2.45, 2.75) is 26.3 Å². The molecule has 0 fully saturated rings. The maximum absolute atomic E-state index is 10.9.